The number of hydrazone groups is 1. The molecule has 25 heavy (non-hydrogen) atoms. The monoisotopic (exact) mass is 355 g/mol. The number of hydrogen-bond acceptors (Lipinski definition) is 4. The first-order valence-corrected chi connectivity index (χ1v) is 7.59. The minimum Gasteiger partial charge on any atom is -0.507 e. The summed E-state index contributed by atoms with van der Waals surface area (Å²) in [4.78, 5) is 2.01. The molecule has 0 saturated carbocycles. The average molecular weight is 355 g/mol. The van der Waals surface area contributed by atoms with Gasteiger partial charge < -0.3 is 10.0 Å². The maximum Gasteiger partial charge on any atom is 0.186 e. The summed E-state index contributed by atoms with van der Waals surface area (Å²) in [6.45, 7) is 5.46. The van der Waals surface area contributed by atoms with Gasteiger partial charge in [0.25, 0.3) is 0 Å². The molecule has 8 heteroatoms. The summed E-state index contributed by atoms with van der Waals surface area (Å²) in [5.74, 6) is -6.35. The summed E-state index contributed by atoms with van der Waals surface area (Å²) in [6.07, 6.45) is 1.09. The lowest BCUT2D eigenvalue weighted by molar-refractivity contribution is 0.458. The molecule has 0 bridgehead atoms. The van der Waals surface area contributed by atoms with Crippen LogP contribution in [0.4, 0.5) is 28.9 Å². The Morgan fingerprint density at radius 1 is 1.04 bits per heavy atom. The molecule has 4 nitrogen and oxygen atoms in total. The van der Waals surface area contributed by atoms with E-state index in [4.69, 9.17) is 0 Å². The second-order valence-corrected chi connectivity index (χ2v) is 5.13. The molecule has 0 spiro atoms. The van der Waals surface area contributed by atoms with Gasteiger partial charge in [0.2, 0.25) is 0 Å². The number of phenolic OH excluding ortho intramolecular Hbond substituents is 1. The summed E-state index contributed by atoms with van der Waals surface area (Å²) >= 11 is 0. The average Bonchev–Trinajstić information content (AvgIpc) is 2.59. The van der Waals surface area contributed by atoms with E-state index in [1.807, 2.05) is 24.2 Å². The van der Waals surface area contributed by atoms with E-state index in [1.54, 1.807) is 12.1 Å². The standard InChI is InChI=1S/C17H17F4N3O/c1-3-24(4-2)11-6-5-10(14(25)7-11)9-22-23-17-15(20)12(18)8-13(19)16(17)21/h5-9,23,25H,3-4H2,1-2H3/b22-9+. The van der Waals surface area contributed by atoms with E-state index >= 15 is 0 Å². The fraction of sp³-hybridized carbons (Fsp3) is 0.235. The fourth-order valence-electron chi connectivity index (χ4n) is 2.26. The minimum absolute atomic E-state index is 0.0960. The number of aromatic hydroxyl groups is 1. The third-order valence-electron chi connectivity index (χ3n) is 3.63. The van der Waals surface area contributed by atoms with Crippen LogP contribution >= 0.6 is 0 Å². The molecule has 0 fully saturated rings. The molecule has 0 aromatic heterocycles. The molecular weight excluding hydrogens is 338 g/mol. The molecule has 2 aromatic rings. The molecule has 134 valence electrons. The van der Waals surface area contributed by atoms with E-state index in [-0.39, 0.29) is 17.4 Å². The number of nitrogens with one attached hydrogen (secondary N) is 1. The minimum atomic E-state index is -1.59. The lowest BCUT2D eigenvalue weighted by atomic mass is 10.2. The highest BCUT2D eigenvalue weighted by atomic mass is 19.2. The first-order valence-electron chi connectivity index (χ1n) is 7.59. The van der Waals surface area contributed by atoms with Gasteiger partial charge in [-0.2, -0.15) is 5.10 Å². The van der Waals surface area contributed by atoms with E-state index in [9.17, 15) is 22.7 Å². The Balaban J connectivity index is 2.21. The van der Waals surface area contributed by atoms with E-state index in [0.29, 0.717) is 0 Å². The Morgan fingerprint density at radius 2 is 1.64 bits per heavy atom. The zero-order valence-electron chi connectivity index (χ0n) is 13.7. The second kappa shape index (κ2) is 7.87. The van der Waals surface area contributed by atoms with Crippen LogP contribution in [0.15, 0.2) is 29.4 Å². The van der Waals surface area contributed by atoms with Crippen LogP contribution < -0.4 is 10.3 Å². The highest BCUT2D eigenvalue weighted by molar-refractivity contribution is 5.85. The summed E-state index contributed by atoms with van der Waals surface area (Å²) in [5, 5.41) is 13.5. The first-order chi connectivity index (χ1) is 11.9. The Kier molecular flexibility index (Phi) is 5.84. The SMILES string of the molecule is CCN(CC)c1ccc(/C=N/Nc2c(F)c(F)cc(F)c2F)c(O)c1. The van der Waals surface area contributed by atoms with Crippen LogP contribution in [0.2, 0.25) is 0 Å². The highest BCUT2D eigenvalue weighted by Crippen LogP contribution is 2.25. The second-order valence-electron chi connectivity index (χ2n) is 5.13. The van der Waals surface area contributed by atoms with Crippen LogP contribution in [0.25, 0.3) is 0 Å². The molecule has 0 saturated heterocycles. The van der Waals surface area contributed by atoms with Gasteiger partial charge in [-0.05, 0) is 26.0 Å². The fourth-order valence-corrected chi connectivity index (χ4v) is 2.26. The third-order valence-corrected chi connectivity index (χ3v) is 3.63. The Morgan fingerprint density at radius 3 is 2.16 bits per heavy atom. The number of phenols is 1. The number of hydrogen-bond donors (Lipinski definition) is 2. The van der Waals surface area contributed by atoms with E-state index in [2.05, 4.69) is 5.10 Å². The largest absolute Gasteiger partial charge is 0.507 e. The Hall–Kier alpha value is -2.77. The zero-order valence-corrected chi connectivity index (χ0v) is 13.7. The number of rotatable bonds is 6. The zero-order chi connectivity index (χ0) is 18.6. The summed E-state index contributed by atoms with van der Waals surface area (Å²) in [7, 11) is 0. The molecule has 0 radical (unpaired) electrons. The van der Waals surface area contributed by atoms with Crippen molar-refractivity contribution in [1.82, 2.24) is 0 Å². The quantitative estimate of drug-likeness (QED) is 0.353. The normalized spacial score (nSPS) is 11.1. The van der Waals surface area contributed by atoms with Crippen molar-refractivity contribution >= 4 is 17.6 Å². The molecule has 0 aliphatic carbocycles. The molecule has 2 N–H and O–H groups in total. The van der Waals surface area contributed by atoms with Crippen molar-refractivity contribution in [1.29, 1.82) is 0 Å². The van der Waals surface area contributed by atoms with Crippen LogP contribution in [-0.2, 0) is 0 Å². The van der Waals surface area contributed by atoms with Gasteiger partial charge >= 0.3 is 0 Å². The van der Waals surface area contributed by atoms with Crippen LogP contribution in [0, 0.1) is 23.3 Å². The first kappa shape index (κ1) is 18.6. The smallest absolute Gasteiger partial charge is 0.186 e. The molecule has 2 aromatic carbocycles. The van der Waals surface area contributed by atoms with Gasteiger partial charge in [-0.25, -0.2) is 17.6 Å². The highest BCUT2D eigenvalue weighted by Gasteiger charge is 2.18. The van der Waals surface area contributed by atoms with Crippen molar-refractivity contribution in [2.45, 2.75) is 13.8 Å². The van der Waals surface area contributed by atoms with Crippen molar-refractivity contribution in [2.75, 3.05) is 23.4 Å². The van der Waals surface area contributed by atoms with Gasteiger partial charge in [0.1, 0.15) is 11.4 Å². The van der Waals surface area contributed by atoms with Gasteiger partial charge in [-0.1, -0.05) is 0 Å². The predicted molar refractivity (Wildman–Crippen MR) is 89.2 cm³/mol. The molecule has 0 unspecified atom stereocenters. The Labute approximate surface area is 142 Å². The van der Waals surface area contributed by atoms with Crippen LogP contribution in [-0.4, -0.2) is 24.4 Å². The molecule has 2 rings (SSSR count). The molecule has 0 aliphatic heterocycles. The molecule has 0 atom stereocenters. The summed E-state index contributed by atoms with van der Waals surface area (Å²) in [6, 6.07) is 4.94. The summed E-state index contributed by atoms with van der Waals surface area (Å²) < 4.78 is 53.2. The van der Waals surface area contributed by atoms with Crippen molar-refractivity contribution in [3.05, 3.63) is 53.1 Å². The number of benzene rings is 2. The Bertz CT molecular complexity index is 766. The topological polar surface area (TPSA) is 47.9 Å². The molecular formula is C17H17F4N3O. The van der Waals surface area contributed by atoms with Gasteiger partial charge in [-0.15, -0.1) is 0 Å². The van der Waals surface area contributed by atoms with E-state index in [1.165, 1.54) is 6.07 Å². The van der Waals surface area contributed by atoms with E-state index < -0.39 is 29.0 Å². The molecule has 0 heterocycles. The maximum atomic E-state index is 13.5. The number of nitrogens with zero attached hydrogens (tertiary/aromatic N) is 2. The van der Waals surface area contributed by atoms with Crippen LogP contribution in [0.3, 0.4) is 0 Å². The van der Waals surface area contributed by atoms with E-state index in [0.717, 1.165) is 25.0 Å². The maximum absolute atomic E-state index is 13.5. The lowest BCUT2D eigenvalue weighted by Gasteiger charge is -2.21. The third kappa shape index (κ3) is 4.01. The van der Waals surface area contributed by atoms with Crippen molar-refractivity contribution in [3.63, 3.8) is 0 Å². The molecule has 0 aliphatic rings. The van der Waals surface area contributed by atoms with Gasteiger partial charge in [0.05, 0.1) is 6.21 Å². The van der Waals surface area contributed by atoms with Gasteiger partial charge in [0, 0.05) is 36.5 Å². The predicted octanol–water partition coefficient (Wildman–Crippen LogP) is 4.24. The summed E-state index contributed by atoms with van der Waals surface area (Å²) in [5.41, 5.74) is 1.94. The number of halogens is 4. The molecule has 0 amide bonds. The number of anilines is 2. The van der Waals surface area contributed by atoms with Gasteiger partial charge in [0.15, 0.2) is 23.3 Å². The van der Waals surface area contributed by atoms with Crippen molar-refractivity contribution in [3.8, 4) is 5.75 Å². The van der Waals surface area contributed by atoms with Crippen LogP contribution in [0.1, 0.15) is 19.4 Å². The van der Waals surface area contributed by atoms with Crippen molar-refractivity contribution in [2.24, 2.45) is 5.10 Å². The lowest BCUT2D eigenvalue weighted by Crippen LogP contribution is -2.21. The van der Waals surface area contributed by atoms with Crippen LogP contribution in [0.5, 0.6) is 5.75 Å². The van der Waals surface area contributed by atoms with Crippen molar-refractivity contribution < 1.29 is 22.7 Å². The van der Waals surface area contributed by atoms with Gasteiger partial charge in [-0.3, -0.25) is 5.43 Å².